The maximum Gasteiger partial charge on any atom is 0.261 e. The molecule has 0 aliphatic rings. The summed E-state index contributed by atoms with van der Waals surface area (Å²) in [4.78, 5) is 12.4. The highest BCUT2D eigenvalue weighted by Gasteiger charge is 2.13. The summed E-state index contributed by atoms with van der Waals surface area (Å²) in [5.41, 5.74) is 1.83. The number of carbonyl (C=O) groups excluding carboxylic acids is 1. The second kappa shape index (κ2) is 9.34. The van der Waals surface area contributed by atoms with E-state index in [2.05, 4.69) is 10.0 Å². The quantitative estimate of drug-likeness (QED) is 0.550. The molecule has 0 fully saturated rings. The number of hydrogen-bond donors (Lipinski definition) is 2. The molecule has 0 heterocycles. The fraction of sp³-hybridized carbons (Fsp3) is 0.136. The molecule has 0 radical (unpaired) electrons. The maximum absolute atomic E-state index is 12.9. The van der Waals surface area contributed by atoms with Gasteiger partial charge in [0.2, 0.25) is 0 Å². The lowest BCUT2D eigenvalue weighted by molar-refractivity contribution is 0.0953. The number of anilines is 1. The van der Waals surface area contributed by atoms with Crippen LogP contribution in [-0.4, -0.2) is 20.9 Å². The minimum Gasteiger partial charge on any atom is -0.352 e. The molecule has 3 rings (SSSR count). The van der Waals surface area contributed by atoms with Crippen LogP contribution in [-0.2, 0) is 16.4 Å². The lowest BCUT2D eigenvalue weighted by Crippen LogP contribution is -2.24. The van der Waals surface area contributed by atoms with Gasteiger partial charge in [0.05, 0.1) is 4.90 Å². The number of sulfonamides is 1. The first-order valence-electron chi connectivity index (χ1n) is 9.15. The molecule has 0 atom stereocenters. The zero-order chi connectivity index (χ0) is 20.7. The van der Waals surface area contributed by atoms with Crippen molar-refractivity contribution in [2.45, 2.75) is 17.7 Å². The van der Waals surface area contributed by atoms with Crippen LogP contribution in [0.3, 0.4) is 0 Å². The topological polar surface area (TPSA) is 75.3 Å². The van der Waals surface area contributed by atoms with Gasteiger partial charge in [0.1, 0.15) is 5.82 Å². The predicted octanol–water partition coefficient (Wildman–Crippen LogP) is 3.99. The average molecular weight is 412 g/mol. The smallest absolute Gasteiger partial charge is 0.261 e. The molecule has 0 saturated carbocycles. The molecule has 0 unspecified atom stereocenters. The second-order valence-corrected chi connectivity index (χ2v) is 8.16. The van der Waals surface area contributed by atoms with Crippen LogP contribution in [0.2, 0.25) is 0 Å². The molecule has 0 saturated heterocycles. The summed E-state index contributed by atoms with van der Waals surface area (Å²) in [6, 6.07) is 20.6. The Hall–Kier alpha value is -3.19. The Balaban J connectivity index is 1.50. The van der Waals surface area contributed by atoms with Crippen molar-refractivity contribution < 1.29 is 17.6 Å². The largest absolute Gasteiger partial charge is 0.352 e. The van der Waals surface area contributed by atoms with E-state index in [1.54, 1.807) is 54.6 Å². The molecule has 3 aromatic rings. The first kappa shape index (κ1) is 20.5. The monoisotopic (exact) mass is 412 g/mol. The fourth-order valence-corrected chi connectivity index (χ4v) is 3.83. The van der Waals surface area contributed by atoms with Gasteiger partial charge in [0.25, 0.3) is 15.9 Å². The van der Waals surface area contributed by atoms with Crippen LogP contribution in [0.5, 0.6) is 0 Å². The van der Waals surface area contributed by atoms with E-state index in [0.29, 0.717) is 17.8 Å². The first-order chi connectivity index (χ1) is 13.9. The Labute approximate surface area is 169 Å². The zero-order valence-corrected chi connectivity index (χ0v) is 16.5. The molecule has 1 amide bonds. The molecule has 150 valence electrons. The third-order valence-electron chi connectivity index (χ3n) is 4.29. The van der Waals surface area contributed by atoms with Gasteiger partial charge in [-0.05, 0) is 66.9 Å². The van der Waals surface area contributed by atoms with Gasteiger partial charge in [-0.3, -0.25) is 9.52 Å². The molecule has 0 aromatic heterocycles. The number of benzene rings is 3. The molecule has 7 heteroatoms. The van der Waals surface area contributed by atoms with Gasteiger partial charge in [0, 0.05) is 17.8 Å². The van der Waals surface area contributed by atoms with Crippen molar-refractivity contribution >= 4 is 21.6 Å². The Kier molecular flexibility index (Phi) is 6.61. The molecular formula is C22H21FN2O3S. The van der Waals surface area contributed by atoms with Crippen molar-refractivity contribution in [1.29, 1.82) is 0 Å². The summed E-state index contributed by atoms with van der Waals surface area (Å²) in [6.07, 6.45) is 1.47. The Bertz CT molecular complexity index is 1050. The molecule has 0 spiro atoms. The third kappa shape index (κ3) is 5.89. The summed E-state index contributed by atoms with van der Waals surface area (Å²) in [6.45, 7) is 0.485. The minimum atomic E-state index is -3.67. The van der Waals surface area contributed by atoms with Gasteiger partial charge < -0.3 is 5.32 Å². The van der Waals surface area contributed by atoms with Crippen molar-refractivity contribution in [3.05, 3.63) is 95.8 Å². The Morgan fingerprint density at radius 2 is 1.52 bits per heavy atom. The maximum atomic E-state index is 12.9. The van der Waals surface area contributed by atoms with Crippen LogP contribution < -0.4 is 10.0 Å². The lowest BCUT2D eigenvalue weighted by Gasteiger charge is -2.09. The van der Waals surface area contributed by atoms with E-state index in [1.165, 1.54) is 24.3 Å². The summed E-state index contributed by atoms with van der Waals surface area (Å²) < 4.78 is 40.0. The molecular weight excluding hydrogens is 391 g/mol. The highest BCUT2D eigenvalue weighted by molar-refractivity contribution is 7.92. The normalized spacial score (nSPS) is 11.1. The van der Waals surface area contributed by atoms with E-state index in [9.17, 15) is 17.6 Å². The summed E-state index contributed by atoms with van der Waals surface area (Å²) in [7, 11) is -3.67. The van der Waals surface area contributed by atoms with Crippen molar-refractivity contribution in [3.63, 3.8) is 0 Å². The van der Waals surface area contributed by atoms with Crippen molar-refractivity contribution in [2.75, 3.05) is 11.3 Å². The molecule has 29 heavy (non-hydrogen) atoms. The van der Waals surface area contributed by atoms with Gasteiger partial charge in [-0.15, -0.1) is 0 Å². The van der Waals surface area contributed by atoms with E-state index in [4.69, 9.17) is 0 Å². The molecule has 0 aliphatic heterocycles. The number of amides is 1. The molecule has 5 nitrogen and oxygen atoms in total. The van der Waals surface area contributed by atoms with E-state index in [1.807, 2.05) is 0 Å². The summed E-state index contributed by atoms with van der Waals surface area (Å²) >= 11 is 0. The van der Waals surface area contributed by atoms with Gasteiger partial charge in [-0.2, -0.15) is 0 Å². The van der Waals surface area contributed by atoms with Crippen LogP contribution >= 0.6 is 0 Å². The van der Waals surface area contributed by atoms with Crippen molar-refractivity contribution in [3.8, 4) is 0 Å². The second-order valence-electron chi connectivity index (χ2n) is 6.48. The molecule has 0 aliphatic carbocycles. The van der Waals surface area contributed by atoms with Crippen LogP contribution in [0.25, 0.3) is 0 Å². The predicted molar refractivity (Wildman–Crippen MR) is 111 cm³/mol. The van der Waals surface area contributed by atoms with Crippen LogP contribution in [0.15, 0.2) is 83.8 Å². The number of carbonyl (C=O) groups is 1. The van der Waals surface area contributed by atoms with Crippen LogP contribution in [0.1, 0.15) is 22.3 Å². The Morgan fingerprint density at radius 3 is 2.17 bits per heavy atom. The van der Waals surface area contributed by atoms with E-state index in [-0.39, 0.29) is 16.6 Å². The number of rotatable bonds is 8. The van der Waals surface area contributed by atoms with Gasteiger partial charge >= 0.3 is 0 Å². The van der Waals surface area contributed by atoms with Crippen molar-refractivity contribution in [1.82, 2.24) is 5.32 Å². The Morgan fingerprint density at radius 1 is 0.862 bits per heavy atom. The van der Waals surface area contributed by atoms with Gasteiger partial charge in [0.15, 0.2) is 0 Å². The van der Waals surface area contributed by atoms with Crippen LogP contribution in [0, 0.1) is 5.82 Å². The number of halogens is 1. The zero-order valence-electron chi connectivity index (χ0n) is 15.6. The number of nitrogens with one attached hydrogen (secondary N) is 2. The number of hydrogen-bond acceptors (Lipinski definition) is 3. The molecule has 2 N–H and O–H groups in total. The third-order valence-corrected chi connectivity index (χ3v) is 5.69. The molecule has 0 bridgehead atoms. The fourth-order valence-electron chi connectivity index (χ4n) is 2.75. The highest BCUT2D eigenvalue weighted by atomic mass is 32.2. The van der Waals surface area contributed by atoms with Gasteiger partial charge in [-0.1, -0.05) is 30.3 Å². The highest BCUT2D eigenvalue weighted by Crippen LogP contribution is 2.16. The molecule has 3 aromatic carbocycles. The SMILES string of the molecule is O=C(NCCCc1ccc(F)cc1)c1ccc(NS(=O)(=O)c2ccccc2)cc1. The van der Waals surface area contributed by atoms with Crippen LogP contribution in [0.4, 0.5) is 10.1 Å². The van der Waals surface area contributed by atoms with E-state index >= 15 is 0 Å². The van der Waals surface area contributed by atoms with Crippen molar-refractivity contribution in [2.24, 2.45) is 0 Å². The summed E-state index contributed by atoms with van der Waals surface area (Å²) in [5, 5.41) is 2.82. The number of aryl methyl sites for hydroxylation is 1. The minimum absolute atomic E-state index is 0.169. The lowest BCUT2D eigenvalue weighted by atomic mass is 10.1. The average Bonchev–Trinajstić information content (AvgIpc) is 2.73. The van der Waals surface area contributed by atoms with E-state index < -0.39 is 10.0 Å². The standard InChI is InChI=1S/C22H21FN2O3S/c23-19-12-8-17(9-13-19)5-4-16-24-22(26)18-10-14-20(15-11-18)25-29(27,28)21-6-2-1-3-7-21/h1-3,6-15,25H,4-5,16H2,(H,24,26). The first-order valence-corrected chi connectivity index (χ1v) is 10.6. The summed E-state index contributed by atoms with van der Waals surface area (Å²) in [5.74, 6) is -0.502. The van der Waals surface area contributed by atoms with Gasteiger partial charge in [-0.25, -0.2) is 12.8 Å². The van der Waals surface area contributed by atoms with E-state index in [0.717, 1.165) is 18.4 Å².